The van der Waals surface area contributed by atoms with Crippen molar-refractivity contribution in [2.45, 2.75) is 33.1 Å². The van der Waals surface area contributed by atoms with E-state index in [9.17, 15) is 4.79 Å². The van der Waals surface area contributed by atoms with Crippen LogP contribution in [-0.2, 0) is 11.2 Å². The predicted octanol–water partition coefficient (Wildman–Crippen LogP) is 0.974. The Morgan fingerprint density at radius 3 is 2.68 bits per heavy atom. The van der Waals surface area contributed by atoms with Crippen LogP contribution in [-0.4, -0.2) is 36.0 Å². The van der Waals surface area contributed by atoms with Crippen molar-refractivity contribution in [3.63, 3.8) is 0 Å². The molecule has 19 heavy (non-hydrogen) atoms. The van der Waals surface area contributed by atoms with Gasteiger partial charge < -0.3 is 16.0 Å². The first kappa shape index (κ1) is 15.2. The van der Waals surface area contributed by atoms with Gasteiger partial charge in [0.2, 0.25) is 5.91 Å². The van der Waals surface area contributed by atoms with Crippen LogP contribution in [0.4, 0.5) is 11.6 Å². The number of likely N-dealkylation sites (N-methyl/N-ethyl adjacent to an activating group) is 1. The van der Waals surface area contributed by atoms with E-state index in [0.29, 0.717) is 5.82 Å². The summed E-state index contributed by atoms with van der Waals surface area (Å²) < 4.78 is 0. The van der Waals surface area contributed by atoms with Gasteiger partial charge in [-0.25, -0.2) is 9.97 Å². The van der Waals surface area contributed by atoms with Crippen LogP contribution in [0.2, 0.25) is 0 Å². The molecule has 0 spiro atoms. The topological polar surface area (TPSA) is 84.1 Å². The molecule has 0 aliphatic carbocycles. The second-order valence-corrected chi connectivity index (χ2v) is 4.41. The lowest BCUT2D eigenvalue weighted by Crippen LogP contribution is -2.36. The Bertz CT molecular complexity index is 421. The van der Waals surface area contributed by atoms with Gasteiger partial charge in [0.15, 0.2) is 0 Å². The van der Waals surface area contributed by atoms with Gasteiger partial charge in [0.05, 0.1) is 6.54 Å². The molecule has 0 unspecified atom stereocenters. The molecule has 0 saturated heterocycles. The van der Waals surface area contributed by atoms with Crippen LogP contribution in [0, 0.1) is 0 Å². The molecule has 1 amide bonds. The highest BCUT2D eigenvalue weighted by atomic mass is 16.1. The molecule has 1 aromatic rings. The number of hydrogen-bond donors (Lipinski definition) is 2. The van der Waals surface area contributed by atoms with Crippen molar-refractivity contribution in [2.75, 3.05) is 30.8 Å². The lowest BCUT2D eigenvalue weighted by atomic mass is 10.3. The molecule has 0 aromatic carbocycles. The van der Waals surface area contributed by atoms with Gasteiger partial charge >= 0.3 is 0 Å². The number of rotatable bonds is 7. The van der Waals surface area contributed by atoms with Gasteiger partial charge in [-0.1, -0.05) is 13.8 Å². The zero-order valence-electron chi connectivity index (χ0n) is 11.9. The van der Waals surface area contributed by atoms with Crippen molar-refractivity contribution >= 4 is 17.5 Å². The minimum absolute atomic E-state index is 0.0392. The van der Waals surface area contributed by atoms with Gasteiger partial charge in [-0.15, -0.1) is 0 Å². The summed E-state index contributed by atoms with van der Waals surface area (Å²) in [6.07, 6.45) is 2.69. The zero-order valence-corrected chi connectivity index (χ0v) is 11.9. The number of nitrogen functional groups attached to an aromatic ring is 1. The van der Waals surface area contributed by atoms with Crippen molar-refractivity contribution in [2.24, 2.45) is 0 Å². The Hall–Kier alpha value is -1.85. The van der Waals surface area contributed by atoms with Crippen LogP contribution in [0.3, 0.4) is 0 Å². The SMILES string of the molecule is CCCc1nc(N)cc(N(CCC)CC(=O)NC)n1. The number of aryl methyl sites for hydroxylation is 1. The first-order chi connectivity index (χ1) is 9.10. The fraction of sp³-hybridized carbons (Fsp3) is 0.615. The van der Waals surface area contributed by atoms with Gasteiger partial charge in [-0.3, -0.25) is 4.79 Å². The number of amides is 1. The number of carbonyl (C=O) groups is 1. The maximum atomic E-state index is 11.5. The second kappa shape index (κ2) is 7.56. The largest absolute Gasteiger partial charge is 0.384 e. The molecule has 0 bridgehead atoms. The summed E-state index contributed by atoms with van der Waals surface area (Å²) in [6, 6.07) is 1.72. The molecule has 0 fully saturated rings. The van der Waals surface area contributed by atoms with Gasteiger partial charge in [-0.05, 0) is 12.8 Å². The van der Waals surface area contributed by atoms with Gasteiger partial charge in [0.1, 0.15) is 17.5 Å². The van der Waals surface area contributed by atoms with Crippen LogP contribution < -0.4 is 16.0 Å². The third-order valence-electron chi connectivity index (χ3n) is 2.68. The normalized spacial score (nSPS) is 10.3. The number of nitrogens with one attached hydrogen (secondary N) is 1. The average molecular weight is 265 g/mol. The number of aromatic nitrogens is 2. The molecule has 6 heteroatoms. The van der Waals surface area contributed by atoms with E-state index in [-0.39, 0.29) is 12.5 Å². The van der Waals surface area contributed by atoms with Crippen molar-refractivity contribution in [1.82, 2.24) is 15.3 Å². The third kappa shape index (κ3) is 4.73. The lowest BCUT2D eigenvalue weighted by Gasteiger charge is -2.22. The molecule has 1 aromatic heterocycles. The predicted molar refractivity (Wildman–Crippen MR) is 77.0 cm³/mol. The minimum Gasteiger partial charge on any atom is -0.384 e. The molecule has 0 atom stereocenters. The van der Waals surface area contributed by atoms with Crippen LogP contribution in [0.5, 0.6) is 0 Å². The first-order valence-electron chi connectivity index (χ1n) is 6.69. The Labute approximate surface area is 114 Å². The highest BCUT2D eigenvalue weighted by Crippen LogP contribution is 2.15. The van der Waals surface area contributed by atoms with Crippen molar-refractivity contribution in [3.8, 4) is 0 Å². The third-order valence-corrected chi connectivity index (χ3v) is 2.68. The number of hydrogen-bond acceptors (Lipinski definition) is 5. The van der Waals surface area contributed by atoms with E-state index in [0.717, 1.165) is 37.4 Å². The quantitative estimate of drug-likeness (QED) is 0.767. The molecule has 3 N–H and O–H groups in total. The highest BCUT2D eigenvalue weighted by molar-refractivity contribution is 5.80. The van der Waals surface area contributed by atoms with Crippen LogP contribution in [0.1, 0.15) is 32.5 Å². The number of nitrogens with two attached hydrogens (primary N) is 1. The Balaban J connectivity index is 2.96. The fourth-order valence-electron chi connectivity index (χ4n) is 1.80. The highest BCUT2D eigenvalue weighted by Gasteiger charge is 2.13. The standard InChI is InChI=1S/C13H23N5O/c1-4-6-11-16-10(14)8-12(17-11)18(7-5-2)9-13(19)15-3/h8H,4-7,9H2,1-3H3,(H,15,19)(H2,14,16,17). The number of nitrogens with zero attached hydrogens (tertiary/aromatic N) is 3. The van der Waals surface area contributed by atoms with Gasteiger partial charge in [-0.2, -0.15) is 0 Å². The molecule has 1 heterocycles. The molecule has 0 aliphatic rings. The summed E-state index contributed by atoms with van der Waals surface area (Å²) in [5.41, 5.74) is 5.81. The van der Waals surface area contributed by atoms with Crippen LogP contribution in [0.25, 0.3) is 0 Å². The van der Waals surface area contributed by atoms with Crippen molar-refractivity contribution in [3.05, 3.63) is 11.9 Å². The Morgan fingerprint density at radius 1 is 1.37 bits per heavy atom. The molecule has 6 nitrogen and oxygen atoms in total. The molecular formula is C13H23N5O. The van der Waals surface area contributed by atoms with Crippen LogP contribution in [0.15, 0.2) is 6.07 Å². The Kier molecular flexibility index (Phi) is 6.05. The molecule has 0 aliphatic heterocycles. The summed E-state index contributed by atoms with van der Waals surface area (Å²) in [5.74, 6) is 1.87. The van der Waals surface area contributed by atoms with E-state index in [2.05, 4.69) is 29.1 Å². The van der Waals surface area contributed by atoms with E-state index < -0.39 is 0 Å². The minimum atomic E-state index is -0.0392. The fourth-order valence-corrected chi connectivity index (χ4v) is 1.80. The van der Waals surface area contributed by atoms with E-state index in [4.69, 9.17) is 5.73 Å². The summed E-state index contributed by atoms with van der Waals surface area (Å²) in [7, 11) is 1.63. The van der Waals surface area contributed by atoms with Crippen LogP contribution >= 0.6 is 0 Å². The molecule has 0 radical (unpaired) electrons. The van der Waals surface area contributed by atoms with Gasteiger partial charge in [0.25, 0.3) is 0 Å². The second-order valence-electron chi connectivity index (χ2n) is 4.41. The summed E-state index contributed by atoms with van der Waals surface area (Å²) in [6.45, 7) is 5.18. The van der Waals surface area contributed by atoms with Crippen molar-refractivity contribution in [1.29, 1.82) is 0 Å². The average Bonchev–Trinajstić information content (AvgIpc) is 2.37. The molecule has 1 rings (SSSR count). The van der Waals surface area contributed by atoms with E-state index >= 15 is 0 Å². The Morgan fingerprint density at radius 2 is 2.11 bits per heavy atom. The smallest absolute Gasteiger partial charge is 0.239 e. The van der Waals surface area contributed by atoms with E-state index in [1.165, 1.54) is 0 Å². The maximum absolute atomic E-state index is 11.5. The lowest BCUT2D eigenvalue weighted by molar-refractivity contribution is -0.119. The summed E-state index contributed by atoms with van der Waals surface area (Å²) >= 11 is 0. The summed E-state index contributed by atoms with van der Waals surface area (Å²) in [5, 5.41) is 2.62. The number of anilines is 2. The summed E-state index contributed by atoms with van der Waals surface area (Å²) in [4.78, 5) is 22.2. The van der Waals surface area contributed by atoms with E-state index in [1.807, 2.05) is 4.90 Å². The molecular weight excluding hydrogens is 242 g/mol. The zero-order chi connectivity index (χ0) is 14.3. The van der Waals surface area contributed by atoms with E-state index in [1.54, 1.807) is 13.1 Å². The van der Waals surface area contributed by atoms with Crippen molar-refractivity contribution < 1.29 is 4.79 Å². The maximum Gasteiger partial charge on any atom is 0.239 e. The monoisotopic (exact) mass is 265 g/mol. The van der Waals surface area contributed by atoms with Gasteiger partial charge in [0, 0.05) is 26.1 Å². The molecule has 106 valence electrons. The number of carbonyl (C=O) groups excluding carboxylic acids is 1. The molecule has 0 saturated carbocycles. The first-order valence-corrected chi connectivity index (χ1v) is 6.69.